The van der Waals surface area contributed by atoms with E-state index in [9.17, 15) is 9.59 Å². The van der Waals surface area contributed by atoms with Crippen molar-refractivity contribution in [1.29, 1.82) is 0 Å². The first-order chi connectivity index (χ1) is 9.66. The molecule has 0 radical (unpaired) electrons. The Hall–Kier alpha value is -1.92. The molecular weight excluding hydrogens is 258 g/mol. The zero-order valence-corrected chi connectivity index (χ0v) is 11.5. The minimum atomic E-state index is -0.489. The highest BCUT2D eigenvalue weighted by atomic mass is 16.5. The van der Waals surface area contributed by atoms with Gasteiger partial charge in [-0.05, 0) is 5.56 Å². The summed E-state index contributed by atoms with van der Waals surface area (Å²) in [6.45, 7) is 3.43. The van der Waals surface area contributed by atoms with E-state index < -0.39 is 6.04 Å². The molecule has 20 heavy (non-hydrogen) atoms. The van der Waals surface area contributed by atoms with Crippen LogP contribution in [0.1, 0.15) is 12.5 Å². The van der Waals surface area contributed by atoms with E-state index in [0.29, 0.717) is 13.1 Å². The minimum absolute atomic E-state index is 0.187. The van der Waals surface area contributed by atoms with E-state index in [2.05, 4.69) is 10.7 Å². The summed E-state index contributed by atoms with van der Waals surface area (Å²) in [5, 5.41) is 4.75. The highest BCUT2D eigenvalue weighted by Crippen LogP contribution is 2.06. The molecule has 1 aromatic carbocycles. The number of nitrogens with zero attached hydrogens (tertiary/aromatic N) is 1. The van der Waals surface area contributed by atoms with E-state index in [1.807, 2.05) is 30.3 Å². The molecule has 1 unspecified atom stereocenters. The third-order valence-corrected chi connectivity index (χ3v) is 3.04. The van der Waals surface area contributed by atoms with Crippen LogP contribution in [0.25, 0.3) is 0 Å². The van der Waals surface area contributed by atoms with Gasteiger partial charge in [-0.3, -0.25) is 15.0 Å². The summed E-state index contributed by atoms with van der Waals surface area (Å²) in [6.07, 6.45) is 0. The van der Waals surface area contributed by atoms with Crippen molar-refractivity contribution < 1.29 is 14.3 Å². The topological polar surface area (TPSA) is 70.7 Å². The number of ether oxygens (including phenoxy) is 1. The molecule has 0 saturated carbocycles. The van der Waals surface area contributed by atoms with Gasteiger partial charge in [0.15, 0.2) is 0 Å². The zero-order valence-electron chi connectivity index (χ0n) is 11.5. The molecule has 1 aromatic rings. The smallest absolute Gasteiger partial charge is 0.326 e. The molecule has 1 aliphatic rings. The van der Waals surface area contributed by atoms with Crippen LogP contribution in [-0.2, 0) is 20.9 Å². The summed E-state index contributed by atoms with van der Waals surface area (Å²) in [5.41, 5.74) is 3.60. The monoisotopic (exact) mass is 277 g/mol. The number of esters is 1. The summed E-state index contributed by atoms with van der Waals surface area (Å²) in [6, 6.07) is 9.02. The van der Waals surface area contributed by atoms with E-state index in [1.54, 1.807) is 5.01 Å². The van der Waals surface area contributed by atoms with Gasteiger partial charge in [-0.1, -0.05) is 30.3 Å². The van der Waals surface area contributed by atoms with Gasteiger partial charge in [-0.15, -0.1) is 0 Å². The molecule has 0 bridgehead atoms. The number of carbonyl (C=O) groups excluding carboxylic acids is 2. The fourth-order valence-electron chi connectivity index (χ4n) is 2.08. The SMILES string of the molecule is CC(=O)NN1CCNCC1C(=O)OCc1ccccc1. The van der Waals surface area contributed by atoms with Crippen LogP contribution in [0.4, 0.5) is 0 Å². The van der Waals surface area contributed by atoms with E-state index in [1.165, 1.54) is 6.92 Å². The number of amides is 1. The van der Waals surface area contributed by atoms with Crippen LogP contribution in [0.5, 0.6) is 0 Å². The number of benzene rings is 1. The molecule has 2 N–H and O–H groups in total. The third kappa shape index (κ3) is 4.04. The van der Waals surface area contributed by atoms with E-state index in [4.69, 9.17) is 4.74 Å². The Balaban J connectivity index is 1.90. The van der Waals surface area contributed by atoms with Gasteiger partial charge in [0.25, 0.3) is 0 Å². The standard InChI is InChI=1S/C14H19N3O3/c1-11(18)16-17-8-7-15-9-13(17)14(19)20-10-12-5-3-2-4-6-12/h2-6,13,15H,7-10H2,1H3,(H,16,18). The van der Waals surface area contributed by atoms with Crippen molar-refractivity contribution in [3.05, 3.63) is 35.9 Å². The van der Waals surface area contributed by atoms with Crippen molar-refractivity contribution in [2.24, 2.45) is 0 Å². The van der Waals surface area contributed by atoms with Gasteiger partial charge in [0, 0.05) is 26.6 Å². The van der Waals surface area contributed by atoms with Crippen molar-refractivity contribution in [3.8, 4) is 0 Å². The predicted octanol–water partition coefficient (Wildman–Crippen LogP) is 0.0547. The maximum Gasteiger partial charge on any atom is 0.326 e. The fourth-order valence-corrected chi connectivity index (χ4v) is 2.08. The van der Waals surface area contributed by atoms with Gasteiger partial charge in [-0.25, -0.2) is 5.01 Å². The summed E-state index contributed by atoms with van der Waals surface area (Å²) in [4.78, 5) is 23.2. The first-order valence-electron chi connectivity index (χ1n) is 6.62. The Bertz CT molecular complexity index is 464. The molecule has 0 spiro atoms. The number of rotatable bonds is 4. The molecule has 108 valence electrons. The summed E-state index contributed by atoms with van der Waals surface area (Å²) in [7, 11) is 0. The average molecular weight is 277 g/mol. The van der Waals surface area contributed by atoms with Crippen molar-refractivity contribution in [2.75, 3.05) is 19.6 Å². The van der Waals surface area contributed by atoms with Crippen LogP contribution in [0.15, 0.2) is 30.3 Å². The third-order valence-electron chi connectivity index (χ3n) is 3.04. The van der Waals surface area contributed by atoms with E-state index >= 15 is 0 Å². The van der Waals surface area contributed by atoms with Crippen molar-refractivity contribution >= 4 is 11.9 Å². The van der Waals surface area contributed by atoms with Gasteiger partial charge in [0.05, 0.1) is 0 Å². The van der Waals surface area contributed by atoms with Crippen molar-refractivity contribution in [3.63, 3.8) is 0 Å². The lowest BCUT2D eigenvalue weighted by atomic mass is 10.2. The first kappa shape index (κ1) is 14.5. The van der Waals surface area contributed by atoms with E-state index in [0.717, 1.165) is 12.1 Å². The van der Waals surface area contributed by atoms with Crippen molar-refractivity contribution in [2.45, 2.75) is 19.6 Å². The molecule has 1 heterocycles. The molecule has 6 nitrogen and oxygen atoms in total. The quantitative estimate of drug-likeness (QED) is 0.761. The molecule has 0 aliphatic carbocycles. The Labute approximate surface area is 118 Å². The van der Waals surface area contributed by atoms with Crippen LogP contribution >= 0.6 is 0 Å². The lowest BCUT2D eigenvalue weighted by Crippen LogP contribution is -2.61. The molecule has 1 fully saturated rings. The van der Waals surface area contributed by atoms with Crippen LogP contribution < -0.4 is 10.7 Å². The second-order valence-electron chi connectivity index (χ2n) is 4.67. The Kier molecular flexibility index (Phi) is 5.09. The molecule has 6 heteroatoms. The Morgan fingerprint density at radius 2 is 2.15 bits per heavy atom. The summed E-state index contributed by atoms with van der Waals surface area (Å²) >= 11 is 0. The zero-order chi connectivity index (χ0) is 14.4. The molecule has 1 amide bonds. The summed E-state index contributed by atoms with van der Waals surface area (Å²) < 4.78 is 5.31. The number of hydrogen-bond donors (Lipinski definition) is 2. The second-order valence-corrected chi connectivity index (χ2v) is 4.67. The van der Waals surface area contributed by atoms with Gasteiger partial charge in [-0.2, -0.15) is 0 Å². The normalized spacial score (nSPS) is 19.4. The lowest BCUT2D eigenvalue weighted by Gasteiger charge is -2.34. The number of carbonyl (C=O) groups is 2. The van der Waals surface area contributed by atoms with Crippen LogP contribution in [0.3, 0.4) is 0 Å². The van der Waals surface area contributed by atoms with Gasteiger partial charge in [0.2, 0.25) is 5.91 Å². The fraction of sp³-hybridized carbons (Fsp3) is 0.429. The Morgan fingerprint density at radius 1 is 1.40 bits per heavy atom. The van der Waals surface area contributed by atoms with Gasteiger partial charge in [0.1, 0.15) is 12.6 Å². The highest BCUT2D eigenvalue weighted by molar-refractivity contribution is 5.78. The molecule has 0 aromatic heterocycles. The summed E-state index contributed by atoms with van der Waals surface area (Å²) in [5.74, 6) is -0.525. The molecule has 1 aliphatic heterocycles. The maximum atomic E-state index is 12.1. The molecule has 2 rings (SSSR count). The van der Waals surface area contributed by atoms with Gasteiger partial charge >= 0.3 is 5.97 Å². The van der Waals surface area contributed by atoms with Gasteiger partial charge < -0.3 is 10.1 Å². The minimum Gasteiger partial charge on any atom is -0.460 e. The number of hydrogen-bond acceptors (Lipinski definition) is 5. The second kappa shape index (κ2) is 7.02. The number of piperazine rings is 1. The molecule has 1 atom stereocenters. The van der Waals surface area contributed by atoms with E-state index in [-0.39, 0.29) is 18.5 Å². The largest absolute Gasteiger partial charge is 0.460 e. The lowest BCUT2D eigenvalue weighted by molar-refractivity contribution is -0.154. The predicted molar refractivity (Wildman–Crippen MR) is 73.4 cm³/mol. The van der Waals surface area contributed by atoms with Crippen molar-refractivity contribution in [1.82, 2.24) is 15.8 Å². The number of nitrogens with one attached hydrogen (secondary N) is 2. The first-order valence-corrected chi connectivity index (χ1v) is 6.62. The maximum absolute atomic E-state index is 12.1. The van der Waals surface area contributed by atoms with Crippen LogP contribution in [0.2, 0.25) is 0 Å². The highest BCUT2D eigenvalue weighted by Gasteiger charge is 2.30. The number of hydrazine groups is 1. The molecular formula is C14H19N3O3. The Morgan fingerprint density at radius 3 is 2.85 bits per heavy atom. The van der Waals surface area contributed by atoms with Crippen LogP contribution in [0, 0.1) is 0 Å². The molecule has 1 saturated heterocycles. The van der Waals surface area contributed by atoms with Crippen LogP contribution in [-0.4, -0.2) is 42.6 Å². The average Bonchev–Trinajstić information content (AvgIpc) is 2.46.